The van der Waals surface area contributed by atoms with E-state index < -0.39 is 6.10 Å². The first-order valence-electron chi connectivity index (χ1n) is 40.6. The van der Waals surface area contributed by atoms with Crippen LogP contribution in [0.3, 0.4) is 0 Å². The van der Waals surface area contributed by atoms with Gasteiger partial charge in [0.25, 0.3) is 0 Å². The summed E-state index contributed by atoms with van der Waals surface area (Å²) in [6.07, 6.45) is 101. The molecule has 0 saturated heterocycles. The van der Waals surface area contributed by atoms with Crippen molar-refractivity contribution in [3.05, 3.63) is 0 Å². The second-order valence-electron chi connectivity index (χ2n) is 28.2. The monoisotopic (exact) mass is 1210 g/mol. The fourth-order valence-corrected chi connectivity index (χ4v) is 13.3. The van der Waals surface area contributed by atoms with Gasteiger partial charge in [-0.25, -0.2) is 0 Å². The van der Waals surface area contributed by atoms with E-state index in [-0.39, 0.29) is 25.2 Å². The normalized spacial score (nSPS) is 12.0. The number of unbranched alkanes of at least 4 members (excludes halogenated alkanes) is 70. The fourth-order valence-electron chi connectivity index (χ4n) is 13.3. The lowest BCUT2D eigenvalue weighted by atomic mass is 10.0. The Morgan fingerprint density at radius 1 is 0.221 bits per heavy atom. The van der Waals surface area contributed by atoms with Gasteiger partial charge >= 0.3 is 11.9 Å². The van der Waals surface area contributed by atoms with Gasteiger partial charge in [0.1, 0.15) is 6.61 Å². The molecule has 0 bridgehead atoms. The summed E-state index contributed by atoms with van der Waals surface area (Å²) in [6.45, 7) is 4.24. The average Bonchev–Trinajstić information content (AvgIpc) is 3.55. The number of carbonyl (C=O) groups is 2. The molecule has 5 nitrogen and oxygen atoms in total. The Balaban J connectivity index is 3.32. The molecule has 0 aliphatic rings. The highest BCUT2D eigenvalue weighted by molar-refractivity contribution is 5.70. The highest BCUT2D eigenvalue weighted by atomic mass is 16.6. The quantitative estimate of drug-likeness (QED) is 0.0485. The van der Waals surface area contributed by atoms with E-state index in [1.54, 1.807) is 0 Å². The number of hydrogen-bond acceptors (Lipinski definition) is 5. The number of ether oxygens (including phenoxy) is 2. The van der Waals surface area contributed by atoms with Crippen LogP contribution >= 0.6 is 0 Å². The molecular weight excluding hydrogens is 1050 g/mol. The SMILES string of the molecule is CCCCCCCCCCCCCCCCCCCCCCCCCCCCCCCCCCCCCCCCCC(=O)OC(CO)COC(=O)CCCCCCCCCCCCCCCCCCCCCCCCCCCCCCCCCCC. The predicted octanol–water partition coefficient (Wildman–Crippen LogP) is 28.3. The molecule has 0 aromatic heterocycles. The molecule has 0 heterocycles. The van der Waals surface area contributed by atoms with Crippen LogP contribution in [0, 0.1) is 0 Å². The second kappa shape index (κ2) is 78.1. The zero-order valence-corrected chi connectivity index (χ0v) is 59.4. The molecule has 1 atom stereocenters. The molecule has 86 heavy (non-hydrogen) atoms. The molecule has 0 amide bonds. The molecule has 0 radical (unpaired) electrons. The van der Waals surface area contributed by atoms with Gasteiger partial charge in [-0.1, -0.05) is 463 Å². The first kappa shape index (κ1) is 84.9. The number of esters is 2. The van der Waals surface area contributed by atoms with Gasteiger partial charge in [-0.2, -0.15) is 0 Å². The molecule has 0 spiro atoms. The van der Waals surface area contributed by atoms with E-state index in [2.05, 4.69) is 13.8 Å². The van der Waals surface area contributed by atoms with Crippen LogP contribution in [0.5, 0.6) is 0 Å². The molecule has 0 aliphatic carbocycles. The summed E-state index contributed by atoms with van der Waals surface area (Å²) in [5, 5.41) is 9.73. The predicted molar refractivity (Wildman–Crippen MR) is 381 cm³/mol. The maximum atomic E-state index is 12.4. The molecule has 1 N–H and O–H groups in total. The van der Waals surface area contributed by atoms with E-state index in [1.165, 1.54) is 430 Å². The third kappa shape index (κ3) is 75.4. The molecular formula is C81H160O5. The summed E-state index contributed by atoms with van der Waals surface area (Å²) in [4.78, 5) is 24.7. The Morgan fingerprint density at radius 2 is 0.360 bits per heavy atom. The van der Waals surface area contributed by atoms with Gasteiger partial charge in [0, 0.05) is 12.8 Å². The van der Waals surface area contributed by atoms with E-state index in [1.807, 2.05) is 0 Å². The van der Waals surface area contributed by atoms with Gasteiger partial charge in [0.15, 0.2) is 6.10 Å². The van der Waals surface area contributed by atoms with Crippen LogP contribution in [0.25, 0.3) is 0 Å². The Bertz CT molecular complexity index is 1240. The van der Waals surface area contributed by atoms with E-state index in [0.717, 1.165) is 32.1 Å². The van der Waals surface area contributed by atoms with Crippen LogP contribution in [0.4, 0.5) is 0 Å². The minimum atomic E-state index is -0.766. The van der Waals surface area contributed by atoms with Gasteiger partial charge in [0.2, 0.25) is 0 Å². The third-order valence-electron chi connectivity index (χ3n) is 19.4. The van der Waals surface area contributed by atoms with Gasteiger partial charge in [-0.3, -0.25) is 9.59 Å². The summed E-state index contributed by atoms with van der Waals surface area (Å²) in [5.41, 5.74) is 0. The standard InChI is InChI=1S/C81H160O5/c1-3-5-7-9-11-13-15-17-19-21-23-25-27-29-31-33-35-37-38-39-40-41-42-44-46-48-50-52-54-56-58-60-62-64-66-68-70-72-74-76-81(84)86-79(77-82)78-85-80(83)75-73-71-69-67-65-63-61-59-57-55-53-51-49-47-45-43-36-34-32-30-28-26-24-22-20-18-16-14-12-10-8-6-4-2/h79,82H,3-78H2,1-2H3. The van der Waals surface area contributed by atoms with Crippen molar-refractivity contribution in [2.24, 2.45) is 0 Å². The first-order chi connectivity index (χ1) is 42.6. The Kier molecular flexibility index (Phi) is 77.1. The van der Waals surface area contributed by atoms with Crippen LogP contribution in [-0.4, -0.2) is 36.4 Å². The van der Waals surface area contributed by atoms with Crippen molar-refractivity contribution in [3.8, 4) is 0 Å². The lowest BCUT2D eigenvalue weighted by Gasteiger charge is -2.15. The molecule has 514 valence electrons. The van der Waals surface area contributed by atoms with E-state index in [0.29, 0.717) is 12.8 Å². The van der Waals surface area contributed by atoms with Crippen LogP contribution < -0.4 is 0 Å². The van der Waals surface area contributed by atoms with E-state index in [4.69, 9.17) is 9.47 Å². The van der Waals surface area contributed by atoms with E-state index >= 15 is 0 Å². The largest absolute Gasteiger partial charge is 0.462 e. The van der Waals surface area contributed by atoms with Crippen molar-refractivity contribution < 1.29 is 24.2 Å². The van der Waals surface area contributed by atoms with Gasteiger partial charge in [-0.05, 0) is 12.8 Å². The molecule has 1 unspecified atom stereocenters. The van der Waals surface area contributed by atoms with Crippen LogP contribution in [0.1, 0.15) is 489 Å². The lowest BCUT2D eigenvalue weighted by Crippen LogP contribution is -2.28. The minimum Gasteiger partial charge on any atom is -0.462 e. The molecule has 0 saturated carbocycles. The van der Waals surface area contributed by atoms with Crippen molar-refractivity contribution >= 4 is 11.9 Å². The number of aliphatic hydroxyl groups is 1. The van der Waals surface area contributed by atoms with Crippen molar-refractivity contribution in [2.75, 3.05) is 13.2 Å². The minimum absolute atomic E-state index is 0.0551. The highest BCUT2D eigenvalue weighted by Gasteiger charge is 2.16. The Labute approximate surface area is 541 Å². The molecule has 0 aromatic carbocycles. The number of carbonyl (C=O) groups excluding carboxylic acids is 2. The summed E-state index contributed by atoms with van der Waals surface area (Å²) in [5.74, 6) is -0.555. The maximum Gasteiger partial charge on any atom is 0.306 e. The van der Waals surface area contributed by atoms with Crippen molar-refractivity contribution in [1.82, 2.24) is 0 Å². The zero-order valence-electron chi connectivity index (χ0n) is 59.4. The smallest absolute Gasteiger partial charge is 0.306 e. The highest BCUT2D eigenvalue weighted by Crippen LogP contribution is 2.21. The van der Waals surface area contributed by atoms with Gasteiger partial charge in [-0.15, -0.1) is 0 Å². The molecule has 0 aliphatic heterocycles. The summed E-state index contributed by atoms with van der Waals surface area (Å²) >= 11 is 0. The molecule has 5 heteroatoms. The lowest BCUT2D eigenvalue weighted by molar-refractivity contribution is -0.161. The summed E-state index contributed by atoms with van der Waals surface area (Å²) < 4.78 is 10.8. The Morgan fingerprint density at radius 3 is 0.512 bits per heavy atom. The van der Waals surface area contributed by atoms with Gasteiger partial charge in [0.05, 0.1) is 6.61 Å². The second-order valence-corrected chi connectivity index (χ2v) is 28.2. The zero-order chi connectivity index (χ0) is 61.9. The van der Waals surface area contributed by atoms with Crippen molar-refractivity contribution in [3.63, 3.8) is 0 Å². The van der Waals surface area contributed by atoms with Crippen LogP contribution in [0.2, 0.25) is 0 Å². The van der Waals surface area contributed by atoms with E-state index in [9.17, 15) is 14.7 Å². The van der Waals surface area contributed by atoms with Crippen LogP contribution in [0.15, 0.2) is 0 Å². The summed E-state index contributed by atoms with van der Waals surface area (Å²) in [6, 6.07) is 0. The maximum absolute atomic E-state index is 12.4. The fraction of sp³-hybridized carbons (Fsp3) is 0.975. The molecule has 0 rings (SSSR count). The average molecular weight is 1210 g/mol. The topological polar surface area (TPSA) is 72.8 Å². The first-order valence-corrected chi connectivity index (χ1v) is 40.6. The Hall–Kier alpha value is -1.10. The van der Waals surface area contributed by atoms with Crippen molar-refractivity contribution in [1.29, 1.82) is 0 Å². The number of aliphatic hydroxyl groups excluding tert-OH is 1. The molecule has 0 fully saturated rings. The van der Waals surface area contributed by atoms with Crippen LogP contribution in [-0.2, 0) is 19.1 Å². The van der Waals surface area contributed by atoms with Crippen molar-refractivity contribution in [2.45, 2.75) is 495 Å². The van der Waals surface area contributed by atoms with Gasteiger partial charge < -0.3 is 14.6 Å². The molecule has 0 aromatic rings. The third-order valence-corrected chi connectivity index (χ3v) is 19.4. The number of hydrogen-bond donors (Lipinski definition) is 1. The number of rotatable bonds is 78. The summed E-state index contributed by atoms with van der Waals surface area (Å²) in [7, 11) is 0.